The molecule has 0 aliphatic rings. The predicted molar refractivity (Wildman–Crippen MR) is 104 cm³/mol. The van der Waals surface area contributed by atoms with Crippen LogP contribution in [0.4, 0.5) is 5.82 Å². The van der Waals surface area contributed by atoms with Gasteiger partial charge in [0.25, 0.3) is 0 Å². The molecule has 27 heavy (non-hydrogen) atoms. The molecule has 0 saturated heterocycles. The normalized spacial score (nSPS) is 10.6. The van der Waals surface area contributed by atoms with Crippen LogP contribution in [0.5, 0.6) is 0 Å². The predicted octanol–water partition coefficient (Wildman–Crippen LogP) is 4.17. The van der Waals surface area contributed by atoms with Crippen molar-refractivity contribution in [1.82, 2.24) is 10.2 Å². The fraction of sp³-hybridized carbons (Fsp3) is 0.150. The lowest BCUT2D eigenvalue weighted by atomic mass is 10.0. The molecule has 1 amide bonds. The van der Waals surface area contributed by atoms with Gasteiger partial charge >= 0.3 is 5.97 Å². The molecular weight excluding hydrogens is 366 g/mol. The van der Waals surface area contributed by atoms with Gasteiger partial charge in [0.05, 0.1) is 12.0 Å². The van der Waals surface area contributed by atoms with Crippen LogP contribution in [0.25, 0.3) is 11.1 Å². The summed E-state index contributed by atoms with van der Waals surface area (Å²) in [4.78, 5) is 23.8. The molecule has 6 nitrogen and oxygen atoms in total. The summed E-state index contributed by atoms with van der Waals surface area (Å²) >= 11 is 5.96. The number of carbonyl (C=O) groups excluding carboxylic acids is 1. The van der Waals surface area contributed by atoms with Crippen LogP contribution in [0.15, 0.2) is 48.5 Å². The van der Waals surface area contributed by atoms with E-state index in [0.29, 0.717) is 22.8 Å². The molecule has 0 aliphatic carbocycles. The fourth-order valence-electron chi connectivity index (χ4n) is 2.88. The van der Waals surface area contributed by atoms with Gasteiger partial charge in [-0.05, 0) is 35.7 Å². The lowest BCUT2D eigenvalue weighted by Gasteiger charge is -2.09. The first-order valence-corrected chi connectivity index (χ1v) is 8.81. The molecule has 138 valence electrons. The fourth-order valence-corrected chi connectivity index (χ4v) is 3.01. The Kier molecular flexibility index (Phi) is 5.57. The van der Waals surface area contributed by atoms with Crippen molar-refractivity contribution in [3.05, 3.63) is 70.4 Å². The number of benzene rings is 2. The van der Waals surface area contributed by atoms with Crippen molar-refractivity contribution in [3.8, 4) is 11.1 Å². The Hall–Kier alpha value is -3.12. The Labute approximate surface area is 161 Å². The molecular formula is C20H18ClN3O3. The van der Waals surface area contributed by atoms with Crippen LogP contribution in [0.3, 0.4) is 0 Å². The van der Waals surface area contributed by atoms with E-state index in [4.69, 9.17) is 11.6 Å². The molecule has 3 N–H and O–H groups in total. The van der Waals surface area contributed by atoms with Gasteiger partial charge in [0.15, 0.2) is 5.82 Å². The van der Waals surface area contributed by atoms with Gasteiger partial charge in [0.1, 0.15) is 0 Å². The number of aromatic carboxylic acids is 1. The maximum absolute atomic E-state index is 12.5. The summed E-state index contributed by atoms with van der Waals surface area (Å²) in [5, 5.41) is 19.8. The van der Waals surface area contributed by atoms with Crippen molar-refractivity contribution in [2.24, 2.45) is 0 Å². The van der Waals surface area contributed by atoms with Gasteiger partial charge in [0.2, 0.25) is 5.91 Å². The van der Waals surface area contributed by atoms with Crippen LogP contribution in [0, 0.1) is 0 Å². The summed E-state index contributed by atoms with van der Waals surface area (Å²) in [7, 11) is 0. The standard InChI is InChI=1S/C20H18ClN3O3/c1-2-16-18(12-7-9-14(21)10-8-12)19(24-23-16)22-17(25)11-13-5-3-4-6-15(13)20(26)27/h3-10H,2,11H2,1H3,(H,26,27)(H2,22,23,24,25). The van der Waals surface area contributed by atoms with E-state index >= 15 is 0 Å². The summed E-state index contributed by atoms with van der Waals surface area (Å²) in [5.74, 6) is -0.992. The molecule has 0 saturated carbocycles. The number of amides is 1. The van der Waals surface area contributed by atoms with Crippen molar-refractivity contribution < 1.29 is 14.7 Å². The topological polar surface area (TPSA) is 95.1 Å². The summed E-state index contributed by atoms with van der Waals surface area (Å²) in [6.45, 7) is 1.99. The second kappa shape index (κ2) is 8.05. The first-order valence-electron chi connectivity index (χ1n) is 8.43. The Morgan fingerprint density at radius 2 is 1.85 bits per heavy atom. The van der Waals surface area contributed by atoms with Crippen molar-refractivity contribution in [2.45, 2.75) is 19.8 Å². The number of anilines is 1. The lowest BCUT2D eigenvalue weighted by Crippen LogP contribution is -2.17. The smallest absolute Gasteiger partial charge is 0.335 e. The number of aromatic nitrogens is 2. The number of aromatic amines is 1. The van der Waals surface area contributed by atoms with Gasteiger partial charge in [-0.3, -0.25) is 9.89 Å². The Morgan fingerprint density at radius 3 is 2.52 bits per heavy atom. The lowest BCUT2D eigenvalue weighted by molar-refractivity contribution is -0.115. The minimum absolute atomic E-state index is 0.0587. The Balaban J connectivity index is 1.86. The van der Waals surface area contributed by atoms with E-state index in [0.717, 1.165) is 16.8 Å². The van der Waals surface area contributed by atoms with Gasteiger partial charge in [-0.2, -0.15) is 5.10 Å². The largest absolute Gasteiger partial charge is 0.478 e. The van der Waals surface area contributed by atoms with E-state index in [2.05, 4.69) is 15.5 Å². The highest BCUT2D eigenvalue weighted by Gasteiger charge is 2.18. The minimum Gasteiger partial charge on any atom is -0.478 e. The van der Waals surface area contributed by atoms with Crippen LogP contribution >= 0.6 is 11.6 Å². The van der Waals surface area contributed by atoms with Crippen molar-refractivity contribution >= 4 is 29.3 Å². The molecule has 0 bridgehead atoms. The molecule has 0 aliphatic heterocycles. The van der Waals surface area contributed by atoms with Gasteiger partial charge in [-0.1, -0.05) is 48.9 Å². The molecule has 0 spiro atoms. The zero-order valence-corrected chi connectivity index (χ0v) is 15.4. The molecule has 7 heteroatoms. The highest BCUT2D eigenvalue weighted by molar-refractivity contribution is 6.30. The summed E-state index contributed by atoms with van der Waals surface area (Å²) in [6, 6.07) is 13.7. The minimum atomic E-state index is -1.06. The van der Waals surface area contributed by atoms with Gasteiger partial charge in [0, 0.05) is 16.3 Å². The monoisotopic (exact) mass is 383 g/mol. The van der Waals surface area contributed by atoms with Crippen molar-refractivity contribution in [3.63, 3.8) is 0 Å². The average molecular weight is 384 g/mol. The zero-order valence-electron chi connectivity index (χ0n) is 14.6. The van der Waals surface area contributed by atoms with E-state index in [-0.39, 0.29) is 17.9 Å². The van der Waals surface area contributed by atoms with E-state index in [1.165, 1.54) is 6.07 Å². The number of nitrogens with zero attached hydrogens (tertiary/aromatic N) is 1. The molecule has 0 fully saturated rings. The average Bonchev–Trinajstić information content (AvgIpc) is 3.05. The third kappa shape index (κ3) is 4.17. The molecule has 3 aromatic rings. The Morgan fingerprint density at radius 1 is 1.15 bits per heavy atom. The number of carboxylic acid groups (broad SMARTS) is 1. The maximum atomic E-state index is 12.5. The number of rotatable bonds is 6. The number of carbonyl (C=O) groups is 2. The number of aryl methyl sites for hydroxylation is 1. The molecule has 3 rings (SSSR count). The number of nitrogens with one attached hydrogen (secondary N) is 2. The molecule has 0 atom stereocenters. The number of hydrogen-bond acceptors (Lipinski definition) is 3. The molecule has 0 radical (unpaired) electrons. The highest BCUT2D eigenvalue weighted by atomic mass is 35.5. The summed E-state index contributed by atoms with van der Waals surface area (Å²) in [6.07, 6.45) is 0.652. The van der Waals surface area contributed by atoms with Crippen LogP contribution in [-0.2, 0) is 17.6 Å². The van der Waals surface area contributed by atoms with Crippen molar-refractivity contribution in [1.29, 1.82) is 0 Å². The summed E-state index contributed by atoms with van der Waals surface area (Å²) < 4.78 is 0. The molecule has 2 aromatic carbocycles. The second-order valence-electron chi connectivity index (χ2n) is 5.97. The van der Waals surface area contributed by atoms with E-state index in [9.17, 15) is 14.7 Å². The number of carboxylic acids is 1. The number of halogens is 1. The quantitative estimate of drug-likeness (QED) is 0.595. The van der Waals surface area contributed by atoms with Gasteiger partial charge in [-0.15, -0.1) is 0 Å². The van der Waals surface area contributed by atoms with Crippen molar-refractivity contribution in [2.75, 3.05) is 5.32 Å². The number of H-pyrrole nitrogens is 1. The molecule has 1 aromatic heterocycles. The third-order valence-corrected chi connectivity index (χ3v) is 4.44. The van der Waals surface area contributed by atoms with E-state index < -0.39 is 5.97 Å². The van der Waals surface area contributed by atoms with Crippen LogP contribution < -0.4 is 5.32 Å². The van der Waals surface area contributed by atoms with Crippen LogP contribution in [0.1, 0.15) is 28.5 Å². The Bertz CT molecular complexity index is 980. The third-order valence-electron chi connectivity index (χ3n) is 4.18. The van der Waals surface area contributed by atoms with Gasteiger partial charge < -0.3 is 10.4 Å². The summed E-state index contributed by atoms with van der Waals surface area (Å²) in [5.41, 5.74) is 3.13. The first kappa shape index (κ1) is 18.7. The molecule has 0 unspecified atom stereocenters. The van der Waals surface area contributed by atoms with Crippen LogP contribution in [-0.4, -0.2) is 27.2 Å². The first-order chi connectivity index (χ1) is 13.0. The maximum Gasteiger partial charge on any atom is 0.335 e. The second-order valence-corrected chi connectivity index (χ2v) is 6.41. The SMILES string of the molecule is CCc1[nH]nc(NC(=O)Cc2ccccc2C(=O)O)c1-c1ccc(Cl)cc1. The van der Waals surface area contributed by atoms with Crippen LogP contribution in [0.2, 0.25) is 5.02 Å². The van der Waals surface area contributed by atoms with E-state index in [1.807, 2.05) is 19.1 Å². The van der Waals surface area contributed by atoms with E-state index in [1.54, 1.807) is 30.3 Å². The van der Waals surface area contributed by atoms with Gasteiger partial charge in [-0.25, -0.2) is 4.79 Å². The number of hydrogen-bond donors (Lipinski definition) is 3. The highest BCUT2D eigenvalue weighted by Crippen LogP contribution is 2.31. The zero-order chi connectivity index (χ0) is 19.4. The molecule has 1 heterocycles.